The standard InChI is InChI=1S/C24H24N6O2/c1-16-27-20-5-4-18(11-22(20)28-16)24(32)29-9-6-17(7-10-29)14-30-15-26-21(12-23(30)31)19-3-2-8-25-13-19/h2-5,8,11-13,15,17H,6-7,9-10,14H2,1H3,(H,27,28). The van der Waals surface area contributed by atoms with Gasteiger partial charge in [0.05, 0.1) is 23.1 Å². The van der Waals surface area contributed by atoms with Gasteiger partial charge in [0.2, 0.25) is 0 Å². The van der Waals surface area contributed by atoms with E-state index in [-0.39, 0.29) is 11.5 Å². The van der Waals surface area contributed by atoms with Crippen LogP contribution in [0.2, 0.25) is 0 Å². The Hall–Kier alpha value is -3.81. The number of nitrogens with zero attached hydrogens (tertiary/aromatic N) is 5. The molecule has 3 aromatic heterocycles. The minimum absolute atomic E-state index is 0.0391. The summed E-state index contributed by atoms with van der Waals surface area (Å²) in [5.74, 6) is 1.21. The summed E-state index contributed by atoms with van der Waals surface area (Å²) in [4.78, 5) is 43.5. The third-order valence-corrected chi connectivity index (χ3v) is 6.04. The molecule has 0 atom stereocenters. The lowest BCUT2D eigenvalue weighted by atomic mass is 9.96. The van der Waals surface area contributed by atoms with Crippen LogP contribution in [0, 0.1) is 12.8 Å². The van der Waals surface area contributed by atoms with Gasteiger partial charge < -0.3 is 9.88 Å². The van der Waals surface area contributed by atoms with Crippen molar-refractivity contribution in [3.8, 4) is 11.3 Å². The maximum Gasteiger partial charge on any atom is 0.253 e. The minimum Gasteiger partial charge on any atom is -0.342 e. The van der Waals surface area contributed by atoms with Crippen LogP contribution in [0.1, 0.15) is 29.0 Å². The molecule has 1 N–H and O–H groups in total. The number of carbonyl (C=O) groups is 1. The number of imidazole rings is 1. The summed E-state index contributed by atoms with van der Waals surface area (Å²) in [7, 11) is 0. The number of aryl methyl sites for hydroxylation is 1. The summed E-state index contributed by atoms with van der Waals surface area (Å²) in [6.07, 6.45) is 6.72. The SMILES string of the molecule is Cc1nc2ccc(C(=O)N3CCC(Cn4cnc(-c5cccnc5)cc4=O)CC3)cc2[nH]1. The molecule has 1 fully saturated rings. The number of rotatable bonds is 4. The van der Waals surface area contributed by atoms with E-state index in [1.54, 1.807) is 29.4 Å². The van der Waals surface area contributed by atoms with E-state index in [2.05, 4.69) is 19.9 Å². The topological polar surface area (TPSA) is 96.8 Å². The maximum absolute atomic E-state index is 13.0. The van der Waals surface area contributed by atoms with E-state index in [9.17, 15) is 9.59 Å². The van der Waals surface area contributed by atoms with Crippen LogP contribution in [0.4, 0.5) is 0 Å². The molecule has 1 aromatic carbocycles. The highest BCUT2D eigenvalue weighted by Gasteiger charge is 2.24. The molecule has 162 valence electrons. The van der Waals surface area contributed by atoms with Crippen LogP contribution in [-0.4, -0.2) is 48.4 Å². The largest absolute Gasteiger partial charge is 0.342 e. The number of likely N-dealkylation sites (tertiary alicyclic amines) is 1. The minimum atomic E-state index is -0.0690. The van der Waals surface area contributed by atoms with Crippen molar-refractivity contribution in [2.45, 2.75) is 26.3 Å². The summed E-state index contributed by atoms with van der Waals surface area (Å²) in [5, 5.41) is 0. The van der Waals surface area contributed by atoms with Gasteiger partial charge in [-0.15, -0.1) is 0 Å². The molecule has 0 unspecified atom stereocenters. The van der Waals surface area contributed by atoms with Gasteiger partial charge in [-0.1, -0.05) is 0 Å². The number of amides is 1. The molecule has 4 heterocycles. The third-order valence-electron chi connectivity index (χ3n) is 6.04. The average Bonchev–Trinajstić information content (AvgIpc) is 3.20. The Balaban J connectivity index is 1.22. The molecule has 1 aliphatic rings. The van der Waals surface area contributed by atoms with Crippen molar-refractivity contribution in [3.63, 3.8) is 0 Å². The Morgan fingerprint density at radius 3 is 2.78 bits per heavy atom. The van der Waals surface area contributed by atoms with Gasteiger partial charge in [-0.3, -0.25) is 19.1 Å². The van der Waals surface area contributed by atoms with Gasteiger partial charge in [-0.05, 0) is 56.0 Å². The van der Waals surface area contributed by atoms with Crippen LogP contribution in [0.25, 0.3) is 22.3 Å². The zero-order chi connectivity index (χ0) is 22.1. The van der Waals surface area contributed by atoms with Crippen LogP contribution >= 0.6 is 0 Å². The van der Waals surface area contributed by atoms with E-state index >= 15 is 0 Å². The molecule has 1 saturated heterocycles. The summed E-state index contributed by atoms with van der Waals surface area (Å²) in [6, 6.07) is 10.9. The third kappa shape index (κ3) is 4.03. The number of aromatic nitrogens is 5. The number of piperidine rings is 1. The van der Waals surface area contributed by atoms with Gasteiger partial charge in [0.25, 0.3) is 11.5 Å². The Morgan fingerprint density at radius 1 is 1.19 bits per heavy atom. The van der Waals surface area contributed by atoms with E-state index in [0.29, 0.717) is 36.8 Å². The molecular formula is C24H24N6O2. The second-order valence-corrected chi connectivity index (χ2v) is 8.30. The number of pyridine rings is 1. The molecule has 1 amide bonds. The first-order chi connectivity index (χ1) is 15.6. The molecule has 5 rings (SSSR count). The predicted octanol–water partition coefficient (Wildman–Crippen LogP) is 3.04. The maximum atomic E-state index is 13.0. The molecule has 1 aliphatic heterocycles. The zero-order valence-corrected chi connectivity index (χ0v) is 17.9. The van der Waals surface area contributed by atoms with Crippen molar-refractivity contribution in [1.29, 1.82) is 0 Å². The molecular weight excluding hydrogens is 404 g/mol. The molecule has 0 bridgehead atoms. The average molecular weight is 428 g/mol. The fourth-order valence-electron chi connectivity index (χ4n) is 4.28. The number of benzene rings is 1. The lowest BCUT2D eigenvalue weighted by molar-refractivity contribution is 0.0682. The molecule has 0 saturated carbocycles. The van der Waals surface area contributed by atoms with Crippen molar-refractivity contribution >= 4 is 16.9 Å². The summed E-state index contributed by atoms with van der Waals surface area (Å²) < 4.78 is 1.66. The van der Waals surface area contributed by atoms with E-state index < -0.39 is 0 Å². The first-order valence-electron chi connectivity index (χ1n) is 10.8. The fourth-order valence-corrected chi connectivity index (χ4v) is 4.28. The molecule has 4 aromatic rings. The highest BCUT2D eigenvalue weighted by Crippen LogP contribution is 2.22. The molecule has 0 radical (unpaired) electrons. The second kappa shape index (κ2) is 8.37. The molecule has 0 aliphatic carbocycles. The van der Waals surface area contributed by atoms with Gasteiger partial charge in [0, 0.05) is 49.2 Å². The van der Waals surface area contributed by atoms with E-state index in [0.717, 1.165) is 35.3 Å². The number of nitrogens with one attached hydrogen (secondary N) is 1. The van der Waals surface area contributed by atoms with Crippen LogP contribution < -0.4 is 5.56 Å². The fraction of sp³-hybridized carbons (Fsp3) is 0.292. The van der Waals surface area contributed by atoms with Crippen LogP contribution in [-0.2, 0) is 6.54 Å². The zero-order valence-electron chi connectivity index (χ0n) is 17.9. The number of hydrogen-bond donors (Lipinski definition) is 1. The number of fused-ring (bicyclic) bond motifs is 1. The number of H-pyrrole nitrogens is 1. The number of carbonyl (C=O) groups excluding carboxylic acids is 1. The van der Waals surface area contributed by atoms with Crippen LogP contribution in [0.3, 0.4) is 0 Å². The van der Waals surface area contributed by atoms with E-state index in [1.807, 2.05) is 42.2 Å². The first kappa shape index (κ1) is 20.1. The summed E-state index contributed by atoms with van der Waals surface area (Å²) >= 11 is 0. The van der Waals surface area contributed by atoms with Crippen molar-refractivity contribution in [3.05, 3.63) is 76.9 Å². The Bertz CT molecular complexity index is 1320. The normalized spacial score (nSPS) is 14.7. The monoisotopic (exact) mass is 428 g/mol. The Kier molecular flexibility index (Phi) is 5.26. The molecule has 32 heavy (non-hydrogen) atoms. The van der Waals surface area contributed by atoms with E-state index in [4.69, 9.17) is 0 Å². The summed E-state index contributed by atoms with van der Waals surface area (Å²) in [5.41, 5.74) is 3.80. The predicted molar refractivity (Wildman–Crippen MR) is 121 cm³/mol. The van der Waals surface area contributed by atoms with Crippen LogP contribution in [0.15, 0.2) is 59.9 Å². The Morgan fingerprint density at radius 2 is 2.03 bits per heavy atom. The molecule has 8 heteroatoms. The van der Waals surface area contributed by atoms with Gasteiger partial charge >= 0.3 is 0 Å². The van der Waals surface area contributed by atoms with Gasteiger partial charge in [0.1, 0.15) is 5.82 Å². The smallest absolute Gasteiger partial charge is 0.253 e. The van der Waals surface area contributed by atoms with Gasteiger partial charge in [-0.2, -0.15) is 0 Å². The van der Waals surface area contributed by atoms with Crippen molar-refractivity contribution in [1.82, 2.24) is 29.4 Å². The lowest BCUT2D eigenvalue weighted by Gasteiger charge is -2.32. The lowest BCUT2D eigenvalue weighted by Crippen LogP contribution is -2.40. The summed E-state index contributed by atoms with van der Waals surface area (Å²) in [6.45, 7) is 3.87. The van der Waals surface area contributed by atoms with Crippen molar-refractivity contribution in [2.75, 3.05) is 13.1 Å². The van der Waals surface area contributed by atoms with Crippen molar-refractivity contribution in [2.24, 2.45) is 5.92 Å². The van der Waals surface area contributed by atoms with Crippen molar-refractivity contribution < 1.29 is 4.79 Å². The highest BCUT2D eigenvalue weighted by atomic mass is 16.2. The van der Waals surface area contributed by atoms with E-state index in [1.165, 1.54) is 0 Å². The number of hydrogen-bond acceptors (Lipinski definition) is 5. The van der Waals surface area contributed by atoms with Gasteiger partial charge in [0.15, 0.2) is 0 Å². The second-order valence-electron chi connectivity index (χ2n) is 8.30. The molecule has 8 nitrogen and oxygen atoms in total. The highest BCUT2D eigenvalue weighted by molar-refractivity contribution is 5.97. The number of aromatic amines is 1. The van der Waals surface area contributed by atoms with Crippen LogP contribution in [0.5, 0.6) is 0 Å². The first-order valence-corrected chi connectivity index (χ1v) is 10.8. The Labute approximate surface area is 185 Å². The quantitative estimate of drug-likeness (QED) is 0.539. The van der Waals surface area contributed by atoms with Gasteiger partial charge in [-0.25, -0.2) is 9.97 Å². The molecule has 0 spiro atoms.